The van der Waals surface area contributed by atoms with Crippen LogP contribution in [-0.2, 0) is 25.9 Å². The third-order valence-corrected chi connectivity index (χ3v) is 9.16. The number of halogens is 2. The Kier molecular flexibility index (Phi) is 10.2. The van der Waals surface area contributed by atoms with Crippen molar-refractivity contribution in [1.29, 1.82) is 0 Å². The number of sulfone groups is 1. The maximum atomic E-state index is 13.2. The van der Waals surface area contributed by atoms with E-state index in [1.807, 2.05) is 30.3 Å². The van der Waals surface area contributed by atoms with Crippen molar-refractivity contribution < 1.29 is 32.2 Å². The van der Waals surface area contributed by atoms with Crippen LogP contribution in [0.25, 0.3) is 10.4 Å². The first-order valence-electron chi connectivity index (χ1n) is 11.8. The van der Waals surface area contributed by atoms with Gasteiger partial charge in [0.15, 0.2) is 21.3 Å². The average molecular weight is 616 g/mol. The Morgan fingerprint density at radius 3 is 2.49 bits per heavy atom. The first-order valence-corrected chi connectivity index (χ1v) is 14.8. The zero-order chi connectivity index (χ0) is 27.4. The monoisotopic (exact) mass is 614 g/mol. The fourth-order valence-electron chi connectivity index (χ4n) is 3.93. The number of rotatable bonds is 11. The van der Waals surface area contributed by atoms with Crippen LogP contribution in [-0.4, -0.2) is 58.2 Å². The smallest absolute Gasteiger partial charge is 0.320 e. The van der Waals surface area contributed by atoms with Crippen LogP contribution in [0.4, 0.5) is 5.69 Å². The number of hydrogen-bond acceptors (Lipinski definition) is 9. The van der Waals surface area contributed by atoms with E-state index in [0.29, 0.717) is 33.6 Å². The molecule has 2 aromatic carbocycles. The lowest BCUT2D eigenvalue weighted by molar-refractivity contribution is -0.147. The number of amides is 1. The molecule has 1 aliphatic heterocycles. The summed E-state index contributed by atoms with van der Waals surface area (Å²) in [4.78, 5) is 28.2. The van der Waals surface area contributed by atoms with E-state index in [1.165, 1.54) is 25.4 Å². The van der Waals surface area contributed by atoms with E-state index < -0.39 is 27.7 Å². The summed E-state index contributed by atoms with van der Waals surface area (Å²) in [6.07, 6.45) is -1.04. The maximum Gasteiger partial charge on any atom is 0.320 e. The normalized spacial score (nSPS) is 13.4. The van der Waals surface area contributed by atoms with Crippen LogP contribution in [0.2, 0.25) is 5.02 Å². The standard InChI is InChI=1S/C26H27ClN2O7S2.ClH/c1-3-38(32,33)15-20(36-24(30)12-28)14-35-21-9-8-19(11-22(21)34-2)29-13-17-10-23(37-25(17)26(29)31)16-4-6-18(27)7-5-16;/h4-11,20H,3,12-15,28H2,1-2H3;1H/t20-;/m1./s1. The highest BCUT2D eigenvalue weighted by atomic mass is 35.5. The molecule has 13 heteroatoms. The van der Waals surface area contributed by atoms with Crippen LogP contribution in [0.3, 0.4) is 0 Å². The van der Waals surface area contributed by atoms with Crippen molar-refractivity contribution in [3.05, 3.63) is 64.0 Å². The molecule has 4 rings (SSSR count). The molecule has 0 saturated heterocycles. The number of thiophene rings is 1. The number of esters is 1. The Labute approximate surface area is 242 Å². The zero-order valence-electron chi connectivity index (χ0n) is 21.2. The molecule has 0 saturated carbocycles. The predicted molar refractivity (Wildman–Crippen MR) is 154 cm³/mol. The summed E-state index contributed by atoms with van der Waals surface area (Å²) in [6.45, 7) is 1.33. The van der Waals surface area contributed by atoms with E-state index in [2.05, 4.69) is 0 Å². The van der Waals surface area contributed by atoms with Crippen molar-refractivity contribution in [3.63, 3.8) is 0 Å². The van der Waals surface area contributed by atoms with E-state index >= 15 is 0 Å². The fourth-order valence-corrected chi connectivity index (χ4v) is 6.15. The number of nitrogens with zero attached hydrogens (tertiary/aromatic N) is 1. The van der Waals surface area contributed by atoms with E-state index in [9.17, 15) is 18.0 Å². The van der Waals surface area contributed by atoms with Gasteiger partial charge in [0.2, 0.25) is 0 Å². The van der Waals surface area contributed by atoms with Crippen molar-refractivity contribution in [2.75, 3.05) is 36.7 Å². The number of ether oxygens (including phenoxy) is 3. The minimum absolute atomic E-state index is 0. The Morgan fingerprint density at radius 1 is 1.15 bits per heavy atom. The molecule has 9 nitrogen and oxygen atoms in total. The van der Waals surface area contributed by atoms with E-state index in [4.69, 9.17) is 31.5 Å². The molecule has 210 valence electrons. The van der Waals surface area contributed by atoms with Gasteiger partial charge in [-0.1, -0.05) is 30.7 Å². The number of nitrogens with two attached hydrogens (primary N) is 1. The molecular weight excluding hydrogens is 587 g/mol. The molecule has 0 aliphatic carbocycles. The molecule has 3 aromatic rings. The Hall–Kier alpha value is -2.83. The zero-order valence-corrected chi connectivity index (χ0v) is 24.4. The third kappa shape index (κ3) is 7.23. The third-order valence-electron chi connectivity index (χ3n) is 5.93. The van der Waals surface area contributed by atoms with Crippen molar-refractivity contribution in [2.45, 2.75) is 19.6 Å². The highest BCUT2D eigenvalue weighted by molar-refractivity contribution is 7.91. The summed E-state index contributed by atoms with van der Waals surface area (Å²) in [5, 5.41) is 0.652. The molecular formula is C26H28Cl2N2O7S2. The molecule has 1 amide bonds. The highest BCUT2D eigenvalue weighted by Crippen LogP contribution is 2.40. The number of anilines is 1. The molecule has 0 unspecified atom stereocenters. The lowest BCUT2D eigenvalue weighted by Crippen LogP contribution is -2.35. The molecule has 39 heavy (non-hydrogen) atoms. The summed E-state index contributed by atoms with van der Waals surface area (Å²) in [7, 11) is -1.98. The van der Waals surface area contributed by atoms with Gasteiger partial charge in [0, 0.05) is 27.4 Å². The van der Waals surface area contributed by atoms with Gasteiger partial charge in [-0.25, -0.2) is 8.42 Å². The second kappa shape index (κ2) is 13.0. The molecule has 0 spiro atoms. The highest BCUT2D eigenvalue weighted by Gasteiger charge is 2.32. The van der Waals surface area contributed by atoms with Crippen LogP contribution in [0.15, 0.2) is 48.5 Å². The lowest BCUT2D eigenvalue weighted by Gasteiger charge is -2.21. The number of hydrogen-bond donors (Lipinski definition) is 1. The summed E-state index contributed by atoms with van der Waals surface area (Å²) in [5.74, 6) is -0.678. The Bertz CT molecular complexity index is 1440. The summed E-state index contributed by atoms with van der Waals surface area (Å²) in [5.41, 5.74) is 7.86. The minimum Gasteiger partial charge on any atom is -0.493 e. The Morgan fingerprint density at radius 2 is 1.87 bits per heavy atom. The topological polar surface area (TPSA) is 125 Å². The van der Waals surface area contributed by atoms with Crippen LogP contribution in [0.5, 0.6) is 11.5 Å². The van der Waals surface area contributed by atoms with Gasteiger partial charge in [-0.3, -0.25) is 9.59 Å². The van der Waals surface area contributed by atoms with Gasteiger partial charge in [-0.15, -0.1) is 23.7 Å². The minimum atomic E-state index is -3.44. The largest absolute Gasteiger partial charge is 0.493 e. The van der Waals surface area contributed by atoms with Gasteiger partial charge >= 0.3 is 5.97 Å². The number of carbonyl (C=O) groups excluding carboxylic acids is 2. The first kappa shape index (κ1) is 30.7. The lowest BCUT2D eigenvalue weighted by atomic mass is 10.1. The molecule has 0 bridgehead atoms. The van der Waals surface area contributed by atoms with Crippen LogP contribution in [0.1, 0.15) is 22.2 Å². The summed E-state index contributed by atoms with van der Waals surface area (Å²) >= 11 is 7.42. The van der Waals surface area contributed by atoms with E-state index in [-0.39, 0.29) is 37.2 Å². The predicted octanol–water partition coefficient (Wildman–Crippen LogP) is 4.34. The van der Waals surface area contributed by atoms with Crippen molar-refractivity contribution >= 4 is 62.7 Å². The van der Waals surface area contributed by atoms with Gasteiger partial charge in [0.25, 0.3) is 5.91 Å². The molecule has 2 N–H and O–H groups in total. The molecule has 2 heterocycles. The van der Waals surface area contributed by atoms with Crippen molar-refractivity contribution in [1.82, 2.24) is 0 Å². The second-order valence-electron chi connectivity index (χ2n) is 8.52. The van der Waals surface area contributed by atoms with Crippen LogP contribution in [0, 0.1) is 0 Å². The molecule has 0 fully saturated rings. The molecule has 1 atom stereocenters. The quantitative estimate of drug-likeness (QED) is 0.316. The van der Waals surface area contributed by atoms with Gasteiger partial charge in [-0.05, 0) is 41.5 Å². The molecule has 1 aliphatic rings. The van der Waals surface area contributed by atoms with E-state index in [1.54, 1.807) is 23.1 Å². The van der Waals surface area contributed by atoms with Crippen LogP contribution >= 0.6 is 35.3 Å². The van der Waals surface area contributed by atoms with Gasteiger partial charge in [-0.2, -0.15) is 0 Å². The Balaban J connectivity index is 0.00000420. The number of methoxy groups -OCH3 is 1. The summed E-state index contributed by atoms with van der Waals surface area (Å²) < 4.78 is 40.6. The van der Waals surface area contributed by atoms with Gasteiger partial charge in [0.05, 0.1) is 30.8 Å². The molecule has 0 radical (unpaired) electrons. The fraction of sp³-hybridized carbons (Fsp3) is 0.308. The van der Waals surface area contributed by atoms with Gasteiger partial charge < -0.3 is 24.8 Å². The second-order valence-corrected chi connectivity index (χ2v) is 12.4. The first-order chi connectivity index (χ1) is 18.1. The number of benzene rings is 2. The average Bonchev–Trinajstić information content (AvgIpc) is 3.46. The molecule has 1 aromatic heterocycles. The summed E-state index contributed by atoms with van der Waals surface area (Å²) in [6, 6.07) is 14.5. The van der Waals surface area contributed by atoms with Crippen molar-refractivity contribution in [2.24, 2.45) is 5.73 Å². The number of fused-ring (bicyclic) bond motifs is 1. The van der Waals surface area contributed by atoms with Crippen LogP contribution < -0.4 is 20.1 Å². The number of carbonyl (C=O) groups is 2. The van der Waals surface area contributed by atoms with Gasteiger partial charge in [0.1, 0.15) is 12.7 Å². The maximum absolute atomic E-state index is 13.2. The SMILES string of the molecule is CCS(=O)(=O)C[C@@H](COc1ccc(N2Cc3cc(-c4ccc(Cl)cc4)sc3C2=O)cc1OC)OC(=O)CN.Cl. The van der Waals surface area contributed by atoms with Crippen molar-refractivity contribution in [3.8, 4) is 21.9 Å². The van der Waals surface area contributed by atoms with E-state index in [0.717, 1.165) is 16.0 Å².